The third kappa shape index (κ3) is 51.0. The van der Waals surface area contributed by atoms with Crippen molar-refractivity contribution in [2.24, 2.45) is 0 Å². The predicted octanol–water partition coefficient (Wildman–Crippen LogP) is 14.4. The lowest BCUT2D eigenvalue weighted by molar-refractivity contribution is -0.870. The highest BCUT2D eigenvalue weighted by Crippen LogP contribution is 2.38. The van der Waals surface area contributed by atoms with Gasteiger partial charge in [0.1, 0.15) is 19.3 Å². The molecule has 0 aliphatic rings. The zero-order chi connectivity index (χ0) is 47.6. The number of unbranched alkanes of at least 4 members (excludes halogenated alkanes) is 2. The Morgan fingerprint density at radius 3 is 1.20 bits per heavy atom. The van der Waals surface area contributed by atoms with Gasteiger partial charge in [0, 0.05) is 13.0 Å². The normalized spacial score (nSPS) is 15.0. The highest BCUT2D eigenvalue weighted by molar-refractivity contribution is 7.45. The molecule has 0 aliphatic carbocycles. The average molecular weight is 918 g/mol. The fourth-order valence-corrected chi connectivity index (χ4v) is 6.16. The number of carbonyl (C=O) groups excluding carboxylic acids is 1. The van der Waals surface area contributed by atoms with Crippen molar-refractivity contribution in [3.8, 4) is 0 Å². The summed E-state index contributed by atoms with van der Waals surface area (Å²) in [4.78, 5) is 25.1. The van der Waals surface area contributed by atoms with Gasteiger partial charge in [-0.2, -0.15) is 0 Å². The van der Waals surface area contributed by atoms with Crippen molar-refractivity contribution in [1.29, 1.82) is 0 Å². The molecule has 65 heavy (non-hydrogen) atoms. The van der Waals surface area contributed by atoms with E-state index in [2.05, 4.69) is 160 Å². The van der Waals surface area contributed by atoms with E-state index in [1.165, 1.54) is 0 Å². The average Bonchev–Trinajstić information content (AvgIpc) is 3.27. The summed E-state index contributed by atoms with van der Waals surface area (Å²) in [6.45, 7) is 4.90. The van der Waals surface area contributed by atoms with Crippen LogP contribution in [-0.2, 0) is 27.9 Å². The Labute approximate surface area is 397 Å². The van der Waals surface area contributed by atoms with Crippen LogP contribution in [0.4, 0.5) is 0 Å². The smallest absolute Gasteiger partial charge is 0.306 e. The predicted molar refractivity (Wildman–Crippen MR) is 276 cm³/mol. The van der Waals surface area contributed by atoms with E-state index in [1.807, 2.05) is 33.3 Å². The van der Waals surface area contributed by atoms with Crippen LogP contribution in [0.3, 0.4) is 0 Å². The maximum absolute atomic E-state index is 12.7. The van der Waals surface area contributed by atoms with Crippen molar-refractivity contribution in [2.75, 3.05) is 54.1 Å². The maximum atomic E-state index is 12.7. The Bertz CT molecular complexity index is 1580. The number of quaternary nitrogens is 1. The number of esters is 1. The number of allylic oxidation sites excluding steroid dienone is 26. The van der Waals surface area contributed by atoms with E-state index in [1.54, 1.807) is 0 Å². The number of phosphoric acid groups is 1. The number of hydrogen-bond donors (Lipinski definition) is 0. The highest BCUT2D eigenvalue weighted by Gasteiger charge is 2.20. The number of ether oxygens (including phenoxy) is 2. The molecular weight excluding hydrogens is 830 g/mol. The lowest BCUT2D eigenvalue weighted by Crippen LogP contribution is -2.37. The van der Waals surface area contributed by atoms with Crippen LogP contribution in [0.5, 0.6) is 0 Å². The second-order valence-corrected chi connectivity index (χ2v) is 17.8. The maximum Gasteiger partial charge on any atom is 0.306 e. The second-order valence-electron chi connectivity index (χ2n) is 16.3. The van der Waals surface area contributed by atoms with Crippen LogP contribution in [-0.4, -0.2) is 70.7 Å². The van der Waals surface area contributed by atoms with Crippen LogP contribution >= 0.6 is 7.82 Å². The Hall–Kier alpha value is -3.88. The minimum atomic E-state index is -4.58. The zero-order valence-corrected chi connectivity index (χ0v) is 42.0. The highest BCUT2D eigenvalue weighted by atomic mass is 31.2. The molecule has 0 aromatic carbocycles. The Morgan fingerprint density at radius 1 is 0.477 bits per heavy atom. The van der Waals surface area contributed by atoms with Crippen LogP contribution in [0.2, 0.25) is 0 Å². The van der Waals surface area contributed by atoms with E-state index >= 15 is 0 Å². The zero-order valence-electron chi connectivity index (χ0n) is 41.1. The monoisotopic (exact) mass is 918 g/mol. The van der Waals surface area contributed by atoms with E-state index in [0.717, 1.165) is 103 Å². The van der Waals surface area contributed by atoms with Gasteiger partial charge in [-0.3, -0.25) is 9.36 Å². The van der Waals surface area contributed by atoms with Gasteiger partial charge in [0.2, 0.25) is 0 Å². The van der Waals surface area contributed by atoms with E-state index in [4.69, 9.17) is 18.5 Å². The first kappa shape index (κ1) is 61.1. The van der Waals surface area contributed by atoms with E-state index < -0.39 is 19.9 Å². The van der Waals surface area contributed by atoms with Gasteiger partial charge in [0.15, 0.2) is 0 Å². The molecule has 0 bridgehead atoms. The summed E-state index contributed by atoms with van der Waals surface area (Å²) in [5, 5.41) is 0. The van der Waals surface area contributed by atoms with Gasteiger partial charge in [0.05, 0.1) is 34.4 Å². The Morgan fingerprint density at radius 2 is 0.831 bits per heavy atom. The molecule has 0 saturated carbocycles. The van der Waals surface area contributed by atoms with E-state index in [9.17, 15) is 14.3 Å². The lowest BCUT2D eigenvalue weighted by atomic mass is 10.2. The molecule has 0 rings (SSSR count). The van der Waals surface area contributed by atoms with Crippen LogP contribution in [0.15, 0.2) is 158 Å². The number of likely N-dealkylation sites (N-methyl/N-ethyl adjacent to an activating group) is 1. The molecule has 0 spiro atoms. The summed E-state index contributed by atoms with van der Waals surface area (Å²) in [6.07, 6.45) is 71.5. The van der Waals surface area contributed by atoms with Gasteiger partial charge in [-0.1, -0.05) is 172 Å². The fourth-order valence-electron chi connectivity index (χ4n) is 5.43. The second kappa shape index (κ2) is 46.6. The number of hydrogen-bond acceptors (Lipinski definition) is 7. The molecule has 0 fully saturated rings. The molecule has 8 nitrogen and oxygen atoms in total. The van der Waals surface area contributed by atoms with Crippen LogP contribution in [0, 0.1) is 0 Å². The SMILES string of the molecule is CC/C=C\C/C=C\C/C=C\C/C=C\C/C=C\C/C=C\C/C=C\CCCCOCC(COP(=O)([O-])OCC[N+](C)(C)C)OC(=O)CC/C=C\C/C=C\C/C=C\C/C=C\C/C=C\C/C=C\CC. The van der Waals surface area contributed by atoms with Crippen LogP contribution in [0.1, 0.15) is 129 Å². The first-order valence-corrected chi connectivity index (χ1v) is 25.7. The van der Waals surface area contributed by atoms with Gasteiger partial charge >= 0.3 is 5.97 Å². The molecule has 364 valence electrons. The largest absolute Gasteiger partial charge is 0.756 e. The molecule has 2 unspecified atom stereocenters. The first-order valence-electron chi connectivity index (χ1n) is 24.2. The van der Waals surface area contributed by atoms with Gasteiger partial charge in [-0.15, -0.1) is 0 Å². The minimum absolute atomic E-state index is 0.00692. The summed E-state index contributed by atoms with van der Waals surface area (Å²) in [5.41, 5.74) is 0. The van der Waals surface area contributed by atoms with Crippen molar-refractivity contribution in [3.05, 3.63) is 158 Å². The van der Waals surface area contributed by atoms with Gasteiger partial charge in [-0.25, -0.2) is 0 Å². The summed E-state index contributed by atoms with van der Waals surface area (Å²) >= 11 is 0. The summed E-state index contributed by atoms with van der Waals surface area (Å²) in [5.74, 6) is -0.439. The molecule has 2 atom stereocenters. The van der Waals surface area contributed by atoms with Crippen molar-refractivity contribution in [2.45, 2.75) is 136 Å². The molecule has 0 radical (unpaired) electrons. The Kier molecular flexibility index (Phi) is 43.9. The van der Waals surface area contributed by atoms with Gasteiger partial charge < -0.3 is 27.9 Å². The van der Waals surface area contributed by atoms with Crippen molar-refractivity contribution < 1.29 is 37.3 Å². The summed E-state index contributed by atoms with van der Waals surface area (Å²) in [6, 6.07) is 0. The quantitative estimate of drug-likeness (QED) is 0.0198. The molecule has 0 aliphatic heterocycles. The van der Waals surface area contributed by atoms with Crippen molar-refractivity contribution in [3.63, 3.8) is 0 Å². The first-order chi connectivity index (χ1) is 31.6. The number of nitrogens with zero attached hydrogens (tertiary/aromatic N) is 1. The minimum Gasteiger partial charge on any atom is -0.756 e. The topological polar surface area (TPSA) is 94.1 Å². The third-order valence-corrected chi connectivity index (χ3v) is 10.1. The molecular formula is C56H88NO7P. The molecule has 0 N–H and O–H groups in total. The van der Waals surface area contributed by atoms with Crippen molar-refractivity contribution >= 4 is 13.8 Å². The summed E-state index contributed by atoms with van der Waals surface area (Å²) in [7, 11) is 1.25. The van der Waals surface area contributed by atoms with Gasteiger partial charge in [0.25, 0.3) is 7.82 Å². The van der Waals surface area contributed by atoms with Crippen LogP contribution in [0.25, 0.3) is 0 Å². The molecule has 0 aromatic heterocycles. The molecule has 0 aromatic rings. The number of carbonyl (C=O) groups is 1. The Balaban J connectivity index is 4.44. The summed E-state index contributed by atoms with van der Waals surface area (Å²) < 4.78 is 34.5. The van der Waals surface area contributed by atoms with Crippen molar-refractivity contribution in [1.82, 2.24) is 0 Å². The fraction of sp³-hybridized carbons (Fsp3) is 0.518. The lowest BCUT2D eigenvalue weighted by Gasteiger charge is -2.28. The number of phosphoric ester groups is 1. The number of rotatable bonds is 42. The third-order valence-electron chi connectivity index (χ3n) is 9.09. The van der Waals surface area contributed by atoms with E-state index in [0.29, 0.717) is 24.1 Å². The standard InChI is InChI=1S/C56H88NO7P/c1-6-8-10-12-14-16-18-20-22-24-26-27-28-29-30-32-34-36-38-40-42-44-46-48-51-61-53-55(54-63-65(59,60)62-52-50-57(3,4)5)64-56(58)49-47-45-43-41-39-37-35-33-31-25-23-21-19-17-15-13-11-9-7-2/h8-11,14-17,20-23,26-27,29-31,33-34,36-37,39-40,42-43,45,55H,6-7,12-13,18-19,24-25,28,32,35,38,41,44,46-54H2,1-5H3/b10-8-,11-9-,16-14-,17-15-,22-20-,23-21-,27-26-,30-29-,33-31-,36-34-,39-37-,42-40-,45-43-. The molecule has 0 heterocycles. The molecule has 0 amide bonds. The molecule has 0 saturated heterocycles. The molecule has 9 heteroatoms. The van der Waals surface area contributed by atoms with Crippen LogP contribution < -0.4 is 4.89 Å². The van der Waals surface area contributed by atoms with E-state index in [-0.39, 0.29) is 26.2 Å². The van der Waals surface area contributed by atoms with Gasteiger partial charge in [-0.05, 0) is 109 Å².